The maximum Gasteiger partial charge on any atom is 0.207 e. The smallest absolute Gasteiger partial charge is 0.207 e. The van der Waals surface area contributed by atoms with E-state index in [1.165, 1.54) is 0 Å². The molecule has 22 heavy (non-hydrogen) atoms. The molecule has 1 aliphatic rings. The molecule has 1 atom stereocenters. The molecule has 0 bridgehead atoms. The minimum atomic E-state index is -1.17. The maximum atomic E-state index is 12.0. The molecular weight excluding hydrogens is 274 g/mol. The Kier molecular flexibility index (Phi) is 3.92. The first-order valence-electron chi connectivity index (χ1n) is 7.32. The maximum absolute atomic E-state index is 12.0. The lowest BCUT2D eigenvalue weighted by Gasteiger charge is -2.30. The molecule has 0 N–H and O–H groups in total. The molecule has 1 unspecified atom stereocenters. The lowest BCUT2D eigenvalue weighted by atomic mass is 9.77. The Hall–Kier alpha value is -2.62. The van der Waals surface area contributed by atoms with Gasteiger partial charge in [0.1, 0.15) is 0 Å². The van der Waals surface area contributed by atoms with Gasteiger partial charge in [-0.05, 0) is 47.4 Å². The zero-order valence-corrected chi connectivity index (χ0v) is 12.4. The number of hydrogen-bond donors (Lipinski definition) is 0. The van der Waals surface area contributed by atoms with Gasteiger partial charge < -0.3 is 0 Å². The molecule has 0 radical (unpaired) electrons. The van der Waals surface area contributed by atoms with Crippen molar-refractivity contribution < 1.29 is 0 Å². The van der Waals surface area contributed by atoms with Crippen LogP contribution >= 0.6 is 0 Å². The molecule has 0 saturated carbocycles. The third kappa shape index (κ3) is 2.37. The molecule has 0 spiro atoms. The molecule has 2 heterocycles. The second-order valence-electron chi connectivity index (χ2n) is 5.49. The first-order valence-corrected chi connectivity index (χ1v) is 7.32. The Labute approximate surface area is 129 Å². The molecule has 0 aliphatic heterocycles. The summed E-state index contributed by atoms with van der Waals surface area (Å²) < 4.78 is 0. The summed E-state index contributed by atoms with van der Waals surface area (Å²) in [5.41, 5.74) is 0.978. The number of pyridine rings is 2. The van der Waals surface area contributed by atoms with Crippen LogP contribution in [0.1, 0.15) is 24.7 Å². The number of hydrogen-bond acceptors (Lipinski definition) is 4. The number of nitroso groups, excluding NO2 is 1. The van der Waals surface area contributed by atoms with E-state index in [2.05, 4.69) is 28.1 Å². The number of allylic oxidation sites excluding steroid dienone is 3. The van der Waals surface area contributed by atoms with Crippen LogP contribution in [0.15, 0.2) is 77.8 Å². The van der Waals surface area contributed by atoms with Crippen LogP contribution in [-0.4, -0.2) is 9.97 Å². The van der Waals surface area contributed by atoms with Gasteiger partial charge in [-0.3, -0.25) is 9.97 Å². The van der Waals surface area contributed by atoms with Gasteiger partial charge in [0.2, 0.25) is 5.54 Å². The highest BCUT2D eigenvalue weighted by Crippen LogP contribution is 2.42. The van der Waals surface area contributed by atoms with Crippen LogP contribution in [0.5, 0.6) is 0 Å². The van der Waals surface area contributed by atoms with Crippen LogP contribution in [0.3, 0.4) is 0 Å². The predicted octanol–water partition coefficient (Wildman–Crippen LogP) is 4.01. The van der Waals surface area contributed by atoms with Crippen LogP contribution in [0.25, 0.3) is 0 Å². The highest BCUT2D eigenvalue weighted by atomic mass is 16.3. The van der Waals surface area contributed by atoms with Gasteiger partial charge in [-0.1, -0.05) is 37.3 Å². The molecule has 4 nitrogen and oxygen atoms in total. The van der Waals surface area contributed by atoms with Crippen molar-refractivity contribution in [3.05, 3.63) is 88.9 Å². The summed E-state index contributed by atoms with van der Waals surface area (Å²) in [6.45, 7) is 2.12. The van der Waals surface area contributed by atoms with Crippen LogP contribution in [-0.2, 0) is 5.54 Å². The molecule has 0 fully saturated rings. The van der Waals surface area contributed by atoms with E-state index >= 15 is 0 Å². The van der Waals surface area contributed by atoms with Crippen LogP contribution in [0, 0.1) is 10.8 Å². The fourth-order valence-corrected chi connectivity index (χ4v) is 2.88. The Morgan fingerprint density at radius 3 is 2.18 bits per heavy atom. The van der Waals surface area contributed by atoms with E-state index < -0.39 is 5.54 Å². The van der Waals surface area contributed by atoms with Gasteiger partial charge in [-0.15, -0.1) is 4.91 Å². The average molecular weight is 291 g/mol. The van der Waals surface area contributed by atoms with E-state index in [-0.39, 0.29) is 0 Å². The van der Waals surface area contributed by atoms with Crippen molar-refractivity contribution >= 4 is 0 Å². The molecule has 110 valence electrons. The minimum absolute atomic E-state index is 0.355. The topological polar surface area (TPSA) is 55.2 Å². The van der Waals surface area contributed by atoms with Crippen molar-refractivity contribution in [1.82, 2.24) is 9.97 Å². The van der Waals surface area contributed by atoms with Crippen LogP contribution in [0.2, 0.25) is 0 Å². The fourth-order valence-electron chi connectivity index (χ4n) is 2.88. The normalized spacial score (nSPS) is 17.9. The second-order valence-corrected chi connectivity index (χ2v) is 5.49. The third-order valence-corrected chi connectivity index (χ3v) is 3.95. The first-order chi connectivity index (χ1) is 10.8. The van der Waals surface area contributed by atoms with Crippen molar-refractivity contribution in [2.75, 3.05) is 0 Å². The summed E-state index contributed by atoms with van der Waals surface area (Å²) in [5, 5.41) is 3.54. The number of nitrogens with zero attached hydrogens (tertiary/aromatic N) is 3. The van der Waals surface area contributed by atoms with Gasteiger partial charge in [0.05, 0.1) is 11.4 Å². The summed E-state index contributed by atoms with van der Waals surface area (Å²) in [6, 6.07) is 11.1. The van der Waals surface area contributed by atoms with Gasteiger partial charge in [-0.2, -0.15) is 0 Å². The standard InChI is InChI=1S/C18H17N3O/c1-14-7-6-8-15(13-14)18(21-22,16-9-2-4-11-19-16)17-10-3-5-12-20-17/h2-12,14H,13H2,1H3. The van der Waals surface area contributed by atoms with Crippen molar-refractivity contribution in [2.24, 2.45) is 11.1 Å². The molecule has 1 aliphatic carbocycles. The van der Waals surface area contributed by atoms with Crippen LogP contribution < -0.4 is 0 Å². The van der Waals surface area contributed by atoms with Gasteiger partial charge in [0.25, 0.3) is 0 Å². The summed E-state index contributed by atoms with van der Waals surface area (Å²) in [6.07, 6.45) is 10.2. The molecule has 0 saturated heterocycles. The molecule has 2 aromatic heterocycles. The van der Waals surface area contributed by atoms with Crippen molar-refractivity contribution in [1.29, 1.82) is 0 Å². The third-order valence-electron chi connectivity index (χ3n) is 3.95. The number of aromatic nitrogens is 2. The Balaban J connectivity index is 2.24. The van der Waals surface area contributed by atoms with E-state index in [4.69, 9.17) is 0 Å². The van der Waals surface area contributed by atoms with Crippen molar-refractivity contribution in [3.8, 4) is 0 Å². The van der Waals surface area contributed by atoms with E-state index in [1.807, 2.05) is 48.6 Å². The lowest BCUT2D eigenvalue weighted by Crippen LogP contribution is -2.31. The average Bonchev–Trinajstić information content (AvgIpc) is 2.58. The molecular formula is C18H17N3O. The highest BCUT2D eigenvalue weighted by molar-refractivity contribution is 5.45. The molecule has 0 amide bonds. The fraction of sp³-hybridized carbons (Fsp3) is 0.222. The van der Waals surface area contributed by atoms with Crippen molar-refractivity contribution in [2.45, 2.75) is 18.9 Å². The summed E-state index contributed by atoms with van der Waals surface area (Å²) in [7, 11) is 0. The predicted molar refractivity (Wildman–Crippen MR) is 86.1 cm³/mol. The zero-order valence-electron chi connectivity index (χ0n) is 12.4. The monoisotopic (exact) mass is 291 g/mol. The zero-order chi connectivity index (χ0) is 15.4. The summed E-state index contributed by atoms with van der Waals surface area (Å²) in [4.78, 5) is 20.8. The summed E-state index contributed by atoms with van der Waals surface area (Å²) >= 11 is 0. The van der Waals surface area contributed by atoms with Gasteiger partial charge >= 0.3 is 0 Å². The minimum Gasteiger partial charge on any atom is -0.258 e. The van der Waals surface area contributed by atoms with Crippen LogP contribution in [0.4, 0.5) is 0 Å². The van der Waals surface area contributed by atoms with E-state index in [0.29, 0.717) is 17.3 Å². The Morgan fingerprint density at radius 1 is 1.09 bits per heavy atom. The SMILES string of the molecule is CC1C=CC=C(C(N=O)(c2ccccn2)c2ccccn2)C1. The molecule has 0 aromatic carbocycles. The Bertz CT molecular complexity index is 668. The van der Waals surface area contributed by atoms with E-state index in [9.17, 15) is 4.91 Å². The number of rotatable bonds is 4. The van der Waals surface area contributed by atoms with E-state index in [1.54, 1.807) is 12.4 Å². The molecule has 2 aromatic rings. The summed E-state index contributed by atoms with van der Waals surface area (Å²) in [5.74, 6) is 0.355. The quantitative estimate of drug-likeness (QED) is 0.800. The van der Waals surface area contributed by atoms with Gasteiger partial charge in [-0.25, -0.2) is 0 Å². The van der Waals surface area contributed by atoms with Gasteiger partial charge in [0, 0.05) is 12.4 Å². The van der Waals surface area contributed by atoms with E-state index in [0.717, 1.165) is 12.0 Å². The second kappa shape index (κ2) is 6.02. The first kappa shape index (κ1) is 14.3. The van der Waals surface area contributed by atoms with Crippen molar-refractivity contribution in [3.63, 3.8) is 0 Å². The highest BCUT2D eigenvalue weighted by Gasteiger charge is 2.43. The largest absolute Gasteiger partial charge is 0.258 e. The van der Waals surface area contributed by atoms with Gasteiger partial charge in [0.15, 0.2) is 0 Å². The molecule has 3 rings (SSSR count). The molecule has 4 heteroatoms. The Morgan fingerprint density at radius 2 is 1.73 bits per heavy atom. The lowest BCUT2D eigenvalue weighted by molar-refractivity contribution is 0.532.